The molecule has 1 aliphatic rings. The van der Waals surface area contributed by atoms with Gasteiger partial charge in [0, 0.05) is 37.9 Å². The van der Waals surface area contributed by atoms with Crippen molar-refractivity contribution in [1.29, 1.82) is 0 Å². The molecule has 6 nitrogen and oxygen atoms in total. The van der Waals surface area contributed by atoms with Gasteiger partial charge < -0.3 is 19.9 Å². The lowest BCUT2D eigenvalue weighted by Crippen LogP contribution is -2.49. The summed E-state index contributed by atoms with van der Waals surface area (Å²) in [4.78, 5) is 28.2. The molecule has 0 unspecified atom stereocenters. The van der Waals surface area contributed by atoms with Gasteiger partial charge >= 0.3 is 12.1 Å². The van der Waals surface area contributed by atoms with Crippen LogP contribution in [0.2, 0.25) is 0 Å². The molecular formula is C24H29F2N3O3. The van der Waals surface area contributed by atoms with Crippen LogP contribution in [0, 0.1) is 11.6 Å². The van der Waals surface area contributed by atoms with Gasteiger partial charge in [0.2, 0.25) is 0 Å². The van der Waals surface area contributed by atoms with Gasteiger partial charge in [-0.3, -0.25) is 0 Å². The number of ether oxygens (including phenoxy) is 1. The van der Waals surface area contributed by atoms with E-state index >= 15 is 0 Å². The third kappa shape index (κ3) is 6.18. The van der Waals surface area contributed by atoms with Crippen LogP contribution in [0.15, 0.2) is 42.5 Å². The van der Waals surface area contributed by atoms with Crippen molar-refractivity contribution in [3.8, 4) is 11.1 Å². The van der Waals surface area contributed by atoms with Crippen LogP contribution >= 0.6 is 0 Å². The highest BCUT2D eigenvalue weighted by Crippen LogP contribution is 2.24. The number of nitrogens with one attached hydrogen (secondary N) is 1. The number of amides is 3. The maximum absolute atomic E-state index is 13.4. The fourth-order valence-electron chi connectivity index (χ4n) is 3.61. The molecule has 0 saturated carbocycles. The topological polar surface area (TPSA) is 61.9 Å². The number of rotatable bonds is 3. The van der Waals surface area contributed by atoms with Gasteiger partial charge in [-0.05, 0) is 69.0 Å². The molecule has 0 radical (unpaired) electrons. The first kappa shape index (κ1) is 23.5. The number of anilines is 1. The first-order valence-corrected chi connectivity index (χ1v) is 10.6. The largest absolute Gasteiger partial charge is 0.444 e. The van der Waals surface area contributed by atoms with Crippen molar-refractivity contribution in [2.75, 3.05) is 25.5 Å². The summed E-state index contributed by atoms with van der Waals surface area (Å²) in [5.74, 6) is -1.28. The Morgan fingerprint density at radius 1 is 1.00 bits per heavy atom. The molecule has 0 aliphatic carbocycles. The van der Waals surface area contributed by atoms with E-state index in [1.807, 2.05) is 20.8 Å². The zero-order valence-electron chi connectivity index (χ0n) is 18.8. The number of hydrogen-bond donors (Lipinski definition) is 1. The lowest BCUT2D eigenvalue weighted by atomic mass is 10.0. The molecular weight excluding hydrogens is 416 g/mol. The maximum Gasteiger partial charge on any atom is 0.410 e. The van der Waals surface area contributed by atoms with Gasteiger partial charge in [-0.25, -0.2) is 18.4 Å². The highest BCUT2D eigenvalue weighted by atomic mass is 19.1. The van der Waals surface area contributed by atoms with E-state index in [-0.39, 0.29) is 18.2 Å². The zero-order chi connectivity index (χ0) is 23.5. The van der Waals surface area contributed by atoms with Crippen molar-refractivity contribution in [2.24, 2.45) is 0 Å². The Morgan fingerprint density at radius 3 is 2.09 bits per heavy atom. The van der Waals surface area contributed by atoms with Crippen molar-refractivity contribution >= 4 is 17.8 Å². The van der Waals surface area contributed by atoms with Crippen molar-refractivity contribution in [3.63, 3.8) is 0 Å². The van der Waals surface area contributed by atoms with E-state index in [0.29, 0.717) is 42.7 Å². The van der Waals surface area contributed by atoms with Crippen LogP contribution in [0.5, 0.6) is 0 Å². The van der Waals surface area contributed by atoms with E-state index in [4.69, 9.17) is 4.74 Å². The number of hydrogen-bond acceptors (Lipinski definition) is 3. The molecule has 2 aromatic rings. The minimum atomic E-state index is -0.642. The number of urea groups is 1. The summed E-state index contributed by atoms with van der Waals surface area (Å²) < 4.78 is 32.3. The van der Waals surface area contributed by atoms with E-state index < -0.39 is 17.2 Å². The molecule has 0 spiro atoms. The van der Waals surface area contributed by atoms with Gasteiger partial charge in [0.1, 0.15) is 17.2 Å². The zero-order valence-corrected chi connectivity index (χ0v) is 18.8. The predicted molar refractivity (Wildman–Crippen MR) is 119 cm³/mol. The molecule has 0 bridgehead atoms. The normalized spacial score (nSPS) is 14.8. The third-order valence-corrected chi connectivity index (χ3v) is 5.32. The summed E-state index contributed by atoms with van der Waals surface area (Å²) >= 11 is 0. The number of likely N-dealkylation sites (tertiary alicyclic amines) is 1. The minimum Gasteiger partial charge on any atom is -0.444 e. The molecule has 1 saturated heterocycles. The Labute approximate surface area is 187 Å². The molecule has 172 valence electrons. The van der Waals surface area contributed by atoms with Crippen molar-refractivity contribution in [1.82, 2.24) is 9.80 Å². The van der Waals surface area contributed by atoms with Gasteiger partial charge in [-0.2, -0.15) is 0 Å². The average Bonchev–Trinajstić information content (AvgIpc) is 2.72. The smallest absolute Gasteiger partial charge is 0.410 e. The summed E-state index contributed by atoms with van der Waals surface area (Å²) in [7, 11) is 1.73. The van der Waals surface area contributed by atoms with Crippen molar-refractivity contribution in [3.05, 3.63) is 54.1 Å². The lowest BCUT2D eigenvalue weighted by Gasteiger charge is -2.37. The molecule has 1 aliphatic heterocycles. The number of carbonyl (C=O) groups excluding carboxylic acids is 2. The molecule has 1 heterocycles. The quantitative estimate of drug-likeness (QED) is 0.679. The van der Waals surface area contributed by atoms with Crippen LogP contribution in [0.4, 0.5) is 24.1 Å². The number of carbonyl (C=O) groups is 2. The Kier molecular flexibility index (Phi) is 7.01. The fourth-order valence-corrected chi connectivity index (χ4v) is 3.61. The SMILES string of the molecule is CN(C(=O)Nc1ccc(-c2cc(F)cc(F)c2)cc1)C1CCN(C(=O)OC(C)(C)C)CC1. The van der Waals surface area contributed by atoms with Crippen molar-refractivity contribution in [2.45, 2.75) is 45.3 Å². The summed E-state index contributed by atoms with van der Waals surface area (Å²) in [6, 6.07) is 9.86. The first-order valence-electron chi connectivity index (χ1n) is 10.6. The summed E-state index contributed by atoms with van der Waals surface area (Å²) in [6.45, 7) is 6.54. The summed E-state index contributed by atoms with van der Waals surface area (Å²) in [5.41, 5.74) is 1.11. The Morgan fingerprint density at radius 2 is 1.56 bits per heavy atom. The molecule has 1 N–H and O–H groups in total. The first-order chi connectivity index (χ1) is 15.0. The monoisotopic (exact) mass is 445 g/mol. The fraction of sp³-hybridized carbons (Fsp3) is 0.417. The van der Waals surface area contributed by atoms with Crippen LogP contribution in [-0.2, 0) is 4.74 Å². The predicted octanol–water partition coefficient (Wildman–Crippen LogP) is 5.50. The van der Waals surface area contributed by atoms with E-state index in [1.165, 1.54) is 12.1 Å². The summed E-state index contributed by atoms with van der Waals surface area (Å²) in [6.07, 6.45) is 0.988. The van der Waals surface area contributed by atoms with E-state index in [9.17, 15) is 18.4 Å². The standard InChI is InChI=1S/C24H29F2N3O3/c1-24(2,3)32-23(31)29-11-9-21(10-12-29)28(4)22(30)27-20-7-5-16(6-8-20)17-13-18(25)15-19(26)14-17/h5-8,13-15,21H,9-12H2,1-4H3,(H,27,30). The number of halogens is 2. The molecule has 0 aromatic heterocycles. The highest BCUT2D eigenvalue weighted by Gasteiger charge is 2.30. The highest BCUT2D eigenvalue weighted by molar-refractivity contribution is 5.89. The second-order valence-electron chi connectivity index (χ2n) is 8.98. The van der Waals surface area contributed by atoms with Crippen LogP contribution in [0.3, 0.4) is 0 Å². The minimum absolute atomic E-state index is 0.00299. The van der Waals surface area contributed by atoms with Crippen molar-refractivity contribution < 1.29 is 23.1 Å². The van der Waals surface area contributed by atoms with E-state index in [2.05, 4.69) is 5.32 Å². The van der Waals surface area contributed by atoms with Crippen LogP contribution in [-0.4, -0.2) is 53.7 Å². The third-order valence-electron chi connectivity index (χ3n) is 5.32. The van der Waals surface area contributed by atoms with E-state index in [0.717, 1.165) is 6.07 Å². The van der Waals surface area contributed by atoms with E-state index in [1.54, 1.807) is 41.1 Å². The van der Waals surface area contributed by atoms with Crippen LogP contribution in [0.25, 0.3) is 11.1 Å². The number of piperidine rings is 1. The lowest BCUT2D eigenvalue weighted by molar-refractivity contribution is 0.0174. The molecule has 1 fully saturated rings. The molecule has 2 aromatic carbocycles. The number of nitrogens with zero attached hydrogens (tertiary/aromatic N) is 2. The Balaban J connectivity index is 1.54. The molecule has 0 atom stereocenters. The second-order valence-corrected chi connectivity index (χ2v) is 8.98. The van der Waals surface area contributed by atoms with Gasteiger partial charge in [0.05, 0.1) is 0 Å². The molecule has 3 rings (SSSR count). The summed E-state index contributed by atoms with van der Waals surface area (Å²) in [5, 5.41) is 2.84. The Hall–Kier alpha value is -3.16. The van der Waals surface area contributed by atoms with Gasteiger partial charge in [-0.15, -0.1) is 0 Å². The van der Waals surface area contributed by atoms with Gasteiger partial charge in [0.25, 0.3) is 0 Å². The van der Waals surface area contributed by atoms with Gasteiger partial charge in [0.15, 0.2) is 0 Å². The average molecular weight is 446 g/mol. The van der Waals surface area contributed by atoms with Crippen LogP contribution < -0.4 is 5.32 Å². The van der Waals surface area contributed by atoms with Gasteiger partial charge in [-0.1, -0.05) is 12.1 Å². The molecule has 8 heteroatoms. The van der Waals surface area contributed by atoms with Crippen LogP contribution in [0.1, 0.15) is 33.6 Å². The Bertz CT molecular complexity index is 945. The second kappa shape index (κ2) is 9.54. The molecule has 3 amide bonds. The molecule has 32 heavy (non-hydrogen) atoms. The number of benzene rings is 2. The maximum atomic E-state index is 13.4.